The second-order valence-electron chi connectivity index (χ2n) is 13.6. The maximum atomic E-state index is 5.67. The Morgan fingerprint density at radius 1 is 0.622 bits per heavy atom. The lowest BCUT2D eigenvalue weighted by molar-refractivity contribution is 0.225. The Balaban J connectivity index is 1.92. The Bertz CT molecular complexity index is 1510. The van der Waals surface area contributed by atoms with Crippen LogP contribution in [0.5, 0.6) is 0 Å². The van der Waals surface area contributed by atoms with Crippen molar-refractivity contribution >= 4 is 27.8 Å². The molecule has 0 amide bonds. The maximum Gasteiger partial charge on any atom is 0.0486 e. The molecule has 3 nitrogen and oxygen atoms in total. The zero-order valence-electron chi connectivity index (χ0n) is 29.5. The van der Waals surface area contributed by atoms with Crippen molar-refractivity contribution in [3.05, 3.63) is 96.1 Å². The molecular formula is C42H59N3. The quantitative estimate of drug-likeness (QED) is 0.112. The first kappa shape index (κ1) is 34.9. The summed E-state index contributed by atoms with van der Waals surface area (Å²) in [6.07, 6.45) is 6.79. The first-order valence-corrected chi connectivity index (χ1v) is 17.6. The van der Waals surface area contributed by atoms with Crippen LogP contribution in [0.15, 0.2) is 89.9 Å². The maximum absolute atomic E-state index is 5.67. The summed E-state index contributed by atoms with van der Waals surface area (Å²) in [6.45, 7) is 19.1. The first-order valence-electron chi connectivity index (χ1n) is 17.6. The molecule has 4 aromatic carbocycles. The topological polar surface area (TPSA) is 18.8 Å². The fraction of sp³-hybridized carbons (Fsp3) is 0.500. The van der Waals surface area contributed by atoms with E-state index in [0.29, 0.717) is 11.8 Å². The fourth-order valence-electron chi connectivity index (χ4n) is 7.37. The van der Waals surface area contributed by atoms with Crippen molar-refractivity contribution < 1.29 is 0 Å². The molecule has 0 N–H and O–H groups in total. The summed E-state index contributed by atoms with van der Waals surface area (Å²) in [5.74, 6) is 0.923. The van der Waals surface area contributed by atoms with Crippen LogP contribution in [-0.2, 0) is 10.8 Å². The highest BCUT2D eigenvalue weighted by atomic mass is 15.1. The van der Waals surface area contributed by atoms with Gasteiger partial charge in [0.1, 0.15) is 0 Å². The molecule has 4 atom stereocenters. The van der Waals surface area contributed by atoms with E-state index in [9.17, 15) is 0 Å². The van der Waals surface area contributed by atoms with Gasteiger partial charge in [0.15, 0.2) is 0 Å². The third-order valence-electron chi connectivity index (χ3n) is 11.3. The molecule has 0 aliphatic rings. The molecule has 0 radical (unpaired) electrons. The third kappa shape index (κ3) is 7.53. The van der Waals surface area contributed by atoms with Gasteiger partial charge in [-0.3, -0.25) is 4.99 Å². The molecule has 4 unspecified atom stereocenters. The van der Waals surface area contributed by atoms with Crippen LogP contribution < -0.4 is 0 Å². The predicted molar refractivity (Wildman–Crippen MR) is 199 cm³/mol. The number of hydrogen-bond acceptors (Lipinski definition) is 3. The molecule has 3 heteroatoms. The number of nitrogens with zero attached hydrogens (tertiary/aromatic N) is 3. The smallest absolute Gasteiger partial charge is 0.0486 e. The molecule has 45 heavy (non-hydrogen) atoms. The summed E-state index contributed by atoms with van der Waals surface area (Å²) >= 11 is 0. The zero-order chi connectivity index (χ0) is 32.5. The van der Waals surface area contributed by atoms with Gasteiger partial charge < -0.3 is 9.80 Å². The molecule has 0 saturated carbocycles. The van der Waals surface area contributed by atoms with E-state index in [2.05, 4.69) is 157 Å². The molecule has 0 aliphatic carbocycles. The van der Waals surface area contributed by atoms with Gasteiger partial charge in [-0.05, 0) is 97.6 Å². The van der Waals surface area contributed by atoms with Crippen molar-refractivity contribution in [2.24, 2.45) is 16.8 Å². The lowest BCUT2D eigenvalue weighted by atomic mass is 9.65. The third-order valence-corrected chi connectivity index (χ3v) is 11.3. The SMILES string of the molecule is CCC(C)C(C=NCC(CCN(C)CC)(c1cccc2ccccc12)C(C)CC)(CCN(C)CC)c1cccc2ccccc12. The average Bonchev–Trinajstić information content (AvgIpc) is 3.09. The van der Waals surface area contributed by atoms with Crippen LogP contribution >= 0.6 is 0 Å². The highest BCUT2D eigenvalue weighted by Crippen LogP contribution is 2.44. The molecule has 0 spiro atoms. The van der Waals surface area contributed by atoms with Crippen LogP contribution in [0, 0.1) is 11.8 Å². The number of rotatable bonds is 17. The molecule has 242 valence electrons. The highest BCUT2D eigenvalue weighted by Gasteiger charge is 2.40. The van der Waals surface area contributed by atoms with E-state index in [4.69, 9.17) is 4.99 Å². The molecule has 4 rings (SSSR count). The van der Waals surface area contributed by atoms with Crippen LogP contribution in [0.3, 0.4) is 0 Å². The van der Waals surface area contributed by atoms with E-state index in [1.54, 1.807) is 0 Å². The molecule has 4 aromatic rings. The van der Waals surface area contributed by atoms with Gasteiger partial charge in [-0.2, -0.15) is 0 Å². The lowest BCUT2D eigenvalue weighted by Gasteiger charge is -2.42. The van der Waals surface area contributed by atoms with Crippen molar-refractivity contribution in [3.8, 4) is 0 Å². The Morgan fingerprint density at radius 3 is 1.67 bits per heavy atom. The normalized spacial score (nSPS) is 16.4. The Hall–Kier alpha value is -3.01. The second-order valence-corrected chi connectivity index (χ2v) is 13.6. The van der Waals surface area contributed by atoms with E-state index >= 15 is 0 Å². The molecule has 0 saturated heterocycles. The largest absolute Gasteiger partial charge is 0.307 e. The molecule has 0 aliphatic heterocycles. The minimum Gasteiger partial charge on any atom is -0.307 e. The van der Waals surface area contributed by atoms with Crippen molar-refractivity contribution in [2.45, 2.75) is 78.1 Å². The zero-order valence-corrected chi connectivity index (χ0v) is 29.5. The molecule has 0 bridgehead atoms. The summed E-state index contributed by atoms with van der Waals surface area (Å²) < 4.78 is 0. The van der Waals surface area contributed by atoms with Crippen LogP contribution in [-0.4, -0.2) is 62.8 Å². The standard InChI is InChI=1S/C42H59N3/c1-9-33(5)41(27-29-44(7)11-3,39-25-17-21-35-19-13-15-23-37(35)39)31-43-32-42(34(6)10-2,28-30-45(8)12-4)40-26-18-22-36-20-14-16-24-38(36)40/h13-26,31,33-34H,9-12,27-30,32H2,1-8H3. The Morgan fingerprint density at radius 2 is 1.11 bits per heavy atom. The number of hydrogen-bond donors (Lipinski definition) is 0. The predicted octanol–water partition coefficient (Wildman–Crippen LogP) is 10.0. The number of aliphatic imine (C=N–C) groups is 1. The first-order chi connectivity index (χ1) is 21.8. The summed E-state index contributed by atoms with van der Waals surface area (Å²) in [6, 6.07) is 31.7. The van der Waals surface area contributed by atoms with E-state index in [0.717, 1.165) is 58.4 Å². The fourth-order valence-corrected chi connectivity index (χ4v) is 7.37. The Labute approximate surface area is 274 Å². The van der Waals surface area contributed by atoms with Gasteiger partial charge in [-0.1, -0.05) is 139 Å². The molecule has 0 aromatic heterocycles. The number of fused-ring (bicyclic) bond motifs is 2. The highest BCUT2D eigenvalue weighted by molar-refractivity contribution is 5.91. The molecule has 0 heterocycles. The summed E-state index contributed by atoms with van der Waals surface area (Å²) in [7, 11) is 4.51. The van der Waals surface area contributed by atoms with Crippen LogP contribution in [0.25, 0.3) is 21.5 Å². The Kier molecular flexibility index (Phi) is 12.4. The average molecular weight is 606 g/mol. The molecule has 0 fully saturated rings. The van der Waals surface area contributed by atoms with Crippen LogP contribution in [0.4, 0.5) is 0 Å². The van der Waals surface area contributed by atoms with Gasteiger partial charge in [-0.15, -0.1) is 0 Å². The van der Waals surface area contributed by atoms with Gasteiger partial charge >= 0.3 is 0 Å². The van der Waals surface area contributed by atoms with Gasteiger partial charge in [0, 0.05) is 23.6 Å². The summed E-state index contributed by atoms with van der Waals surface area (Å²) in [4.78, 5) is 10.6. The minimum absolute atomic E-state index is 0.0737. The summed E-state index contributed by atoms with van der Waals surface area (Å²) in [5.41, 5.74) is 2.64. The van der Waals surface area contributed by atoms with E-state index in [1.165, 1.54) is 32.7 Å². The summed E-state index contributed by atoms with van der Waals surface area (Å²) in [5, 5.41) is 5.37. The van der Waals surface area contributed by atoms with Crippen molar-refractivity contribution in [1.82, 2.24) is 9.80 Å². The van der Waals surface area contributed by atoms with Gasteiger partial charge in [0.05, 0.1) is 0 Å². The van der Waals surface area contributed by atoms with Crippen molar-refractivity contribution in [2.75, 3.05) is 46.8 Å². The van der Waals surface area contributed by atoms with Gasteiger partial charge in [0.25, 0.3) is 0 Å². The van der Waals surface area contributed by atoms with Gasteiger partial charge in [-0.25, -0.2) is 0 Å². The van der Waals surface area contributed by atoms with Gasteiger partial charge in [0.2, 0.25) is 0 Å². The minimum atomic E-state index is -0.167. The molecular weight excluding hydrogens is 546 g/mol. The van der Waals surface area contributed by atoms with E-state index in [-0.39, 0.29) is 10.8 Å². The monoisotopic (exact) mass is 605 g/mol. The van der Waals surface area contributed by atoms with Crippen LogP contribution in [0.2, 0.25) is 0 Å². The van der Waals surface area contributed by atoms with Crippen molar-refractivity contribution in [3.63, 3.8) is 0 Å². The number of benzene rings is 4. The second kappa shape index (κ2) is 16.0. The lowest BCUT2D eigenvalue weighted by Crippen LogP contribution is -2.42. The van der Waals surface area contributed by atoms with E-state index < -0.39 is 0 Å². The van der Waals surface area contributed by atoms with Crippen LogP contribution in [0.1, 0.15) is 78.4 Å². The van der Waals surface area contributed by atoms with Crippen molar-refractivity contribution in [1.29, 1.82) is 0 Å². The van der Waals surface area contributed by atoms with E-state index in [1.807, 2.05) is 0 Å².